The van der Waals surface area contributed by atoms with Crippen LogP contribution in [0.4, 0.5) is 0 Å². The molecule has 0 saturated heterocycles. The zero-order valence-corrected chi connectivity index (χ0v) is 13.2. The standard InChI is InChI=1S/C19H25NO/c1-15-9-10-16(2)18(13-15)21-12-11-19(3,14-20)17-7-5-4-6-8-17/h4-10,13H,11-12,14,20H2,1-3H3. The van der Waals surface area contributed by atoms with Gasteiger partial charge < -0.3 is 10.5 Å². The Labute approximate surface area is 127 Å². The molecule has 0 aliphatic carbocycles. The van der Waals surface area contributed by atoms with E-state index in [4.69, 9.17) is 10.5 Å². The van der Waals surface area contributed by atoms with E-state index in [1.807, 2.05) is 6.07 Å². The maximum Gasteiger partial charge on any atom is 0.122 e. The monoisotopic (exact) mass is 283 g/mol. The van der Waals surface area contributed by atoms with Crippen molar-refractivity contribution in [1.29, 1.82) is 0 Å². The maximum atomic E-state index is 6.02. The van der Waals surface area contributed by atoms with Crippen LogP contribution in [-0.2, 0) is 5.41 Å². The number of rotatable bonds is 6. The molecule has 2 nitrogen and oxygen atoms in total. The van der Waals surface area contributed by atoms with Crippen molar-refractivity contribution in [3.8, 4) is 5.75 Å². The second-order valence-corrected chi connectivity index (χ2v) is 6.00. The first kappa shape index (κ1) is 15.6. The Morgan fingerprint density at radius 3 is 2.43 bits per heavy atom. The van der Waals surface area contributed by atoms with E-state index in [1.54, 1.807) is 0 Å². The van der Waals surface area contributed by atoms with Crippen LogP contribution >= 0.6 is 0 Å². The molecular weight excluding hydrogens is 258 g/mol. The van der Waals surface area contributed by atoms with Crippen LogP contribution in [0.2, 0.25) is 0 Å². The van der Waals surface area contributed by atoms with Crippen molar-refractivity contribution in [2.45, 2.75) is 32.6 Å². The van der Waals surface area contributed by atoms with Gasteiger partial charge in [0.1, 0.15) is 5.75 Å². The summed E-state index contributed by atoms with van der Waals surface area (Å²) in [5.74, 6) is 0.974. The lowest BCUT2D eigenvalue weighted by Gasteiger charge is -2.28. The van der Waals surface area contributed by atoms with E-state index in [0.29, 0.717) is 13.2 Å². The van der Waals surface area contributed by atoms with Crippen LogP contribution in [0.15, 0.2) is 48.5 Å². The molecule has 112 valence electrons. The number of nitrogens with two attached hydrogens (primary N) is 1. The van der Waals surface area contributed by atoms with Gasteiger partial charge >= 0.3 is 0 Å². The van der Waals surface area contributed by atoms with Crippen LogP contribution in [0.1, 0.15) is 30.0 Å². The predicted octanol–water partition coefficient (Wildman–Crippen LogP) is 3.99. The van der Waals surface area contributed by atoms with Gasteiger partial charge in [-0.1, -0.05) is 49.4 Å². The number of aryl methyl sites for hydroxylation is 2. The Bertz CT molecular complexity index is 579. The first-order valence-corrected chi connectivity index (χ1v) is 7.51. The summed E-state index contributed by atoms with van der Waals surface area (Å²) >= 11 is 0. The molecule has 1 unspecified atom stereocenters. The van der Waals surface area contributed by atoms with E-state index in [1.165, 1.54) is 16.7 Å². The summed E-state index contributed by atoms with van der Waals surface area (Å²) in [5, 5.41) is 0. The third-order valence-electron chi connectivity index (χ3n) is 4.18. The summed E-state index contributed by atoms with van der Waals surface area (Å²) in [6.45, 7) is 7.66. The van der Waals surface area contributed by atoms with E-state index in [2.05, 4.69) is 63.2 Å². The second kappa shape index (κ2) is 6.77. The molecule has 1 atom stereocenters. The molecule has 0 heterocycles. The van der Waals surface area contributed by atoms with Crippen molar-refractivity contribution >= 4 is 0 Å². The molecule has 0 aromatic heterocycles. The minimum atomic E-state index is -0.0427. The van der Waals surface area contributed by atoms with Crippen LogP contribution in [0, 0.1) is 13.8 Å². The molecule has 0 aliphatic rings. The van der Waals surface area contributed by atoms with Gasteiger partial charge in [0.05, 0.1) is 6.61 Å². The van der Waals surface area contributed by atoms with Crippen molar-refractivity contribution in [3.63, 3.8) is 0 Å². The van der Waals surface area contributed by atoms with Gasteiger partial charge in [-0.3, -0.25) is 0 Å². The van der Waals surface area contributed by atoms with E-state index in [9.17, 15) is 0 Å². The molecule has 0 amide bonds. The lowest BCUT2D eigenvalue weighted by Crippen LogP contribution is -2.33. The van der Waals surface area contributed by atoms with Gasteiger partial charge in [-0.25, -0.2) is 0 Å². The van der Waals surface area contributed by atoms with Crippen LogP contribution < -0.4 is 10.5 Å². The van der Waals surface area contributed by atoms with Crippen molar-refractivity contribution in [1.82, 2.24) is 0 Å². The van der Waals surface area contributed by atoms with Gasteiger partial charge in [-0.05, 0) is 43.0 Å². The van der Waals surface area contributed by atoms with Gasteiger partial charge in [-0.2, -0.15) is 0 Å². The minimum absolute atomic E-state index is 0.0427. The molecule has 0 bridgehead atoms. The zero-order chi connectivity index (χ0) is 15.3. The van der Waals surface area contributed by atoms with Gasteiger partial charge in [0.15, 0.2) is 0 Å². The molecule has 21 heavy (non-hydrogen) atoms. The highest BCUT2D eigenvalue weighted by atomic mass is 16.5. The van der Waals surface area contributed by atoms with Gasteiger partial charge in [0.25, 0.3) is 0 Å². The summed E-state index contributed by atoms with van der Waals surface area (Å²) in [5.41, 5.74) is 9.65. The Morgan fingerprint density at radius 1 is 1.05 bits per heavy atom. The Hall–Kier alpha value is -1.80. The highest BCUT2D eigenvalue weighted by Gasteiger charge is 2.24. The molecular formula is C19H25NO. The Morgan fingerprint density at radius 2 is 1.76 bits per heavy atom. The van der Waals surface area contributed by atoms with Crippen LogP contribution in [0.25, 0.3) is 0 Å². The molecule has 0 spiro atoms. The molecule has 0 radical (unpaired) electrons. The summed E-state index contributed by atoms with van der Waals surface area (Å²) in [4.78, 5) is 0. The largest absolute Gasteiger partial charge is 0.493 e. The van der Waals surface area contributed by atoms with Crippen LogP contribution in [0.5, 0.6) is 5.75 Å². The molecule has 2 aromatic carbocycles. The fraction of sp³-hybridized carbons (Fsp3) is 0.368. The average molecular weight is 283 g/mol. The summed E-state index contributed by atoms with van der Waals surface area (Å²) < 4.78 is 5.98. The number of hydrogen-bond donors (Lipinski definition) is 1. The fourth-order valence-corrected chi connectivity index (χ4v) is 2.45. The van der Waals surface area contributed by atoms with Crippen molar-refractivity contribution in [3.05, 3.63) is 65.2 Å². The minimum Gasteiger partial charge on any atom is -0.493 e. The highest BCUT2D eigenvalue weighted by molar-refractivity contribution is 5.36. The summed E-state index contributed by atoms with van der Waals surface area (Å²) in [7, 11) is 0. The molecule has 2 aromatic rings. The van der Waals surface area contributed by atoms with Crippen LogP contribution in [0.3, 0.4) is 0 Å². The third-order valence-corrected chi connectivity index (χ3v) is 4.18. The first-order valence-electron chi connectivity index (χ1n) is 7.51. The van der Waals surface area contributed by atoms with E-state index < -0.39 is 0 Å². The van der Waals surface area contributed by atoms with Crippen LogP contribution in [-0.4, -0.2) is 13.2 Å². The van der Waals surface area contributed by atoms with E-state index in [-0.39, 0.29) is 5.41 Å². The van der Waals surface area contributed by atoms with Crippen molar-refractivity contribution < 1.29 is 4.74 Å². The van der Waals surface area contributed by atoms with Gasteiger partial charge in [0, 0.05) is 12.0 Å². The number of hydrogen-bond acceptors (Lipinski definition) is 2. The van der Waals surface area contributed by atoms with Gasteiger partial charge in [-0.15, -0.1) is 0 Å². The topological polar surface area (TPSA) is 35.2 Å². The van der Waals surface area contributed by atoms with Gasteiger partial charge in [0.2, 0.25) is 0 Å². The lowest BCUT2D eigenvalue weighted by molar-refractivity contribution is 0.265. The molecule has 0 fully saturated rings. The fourth-order valence-electron chi connectivity index (χ4n) is 2.45. The predicted molar refractivity (Wildman–Crippen MR) is 88.9 cm³/mol. The van der Waals surface area contributed by atoms with Crippen molar-refractivity contribution in [2.75, 3.05) is 13.2 Å². The normalized spacial score (nSPS) is 13.7. The summed E-state index contributed by atoms with van der Waals surface area (Å²) in [6, 6.07) is 16.8. The highest BCUT2D eigenvalue weighted by Crippen LogP contribution is 2.27. The summed E-state index contributed by atoms with van der Waals surface area (Å²) in [6.07, 6.45) is 0.904. The number of benzene rings is 2. The molecule has 2 rings (SSSR count). The third kappa shape index (κ3) is 3.85. The average Bonchev–Trinajstić information content (AvgIpc) is 2.51. The SMILES string of the molecule is Cc1ccc(C)c(OCCC(C)(CN)c2ccccc2)c1. The van der Waals surface area contributed by atoms with E-state index >= 15 is 0 Å². The quantitative estimate of drug-likeness (QED) is 0.870. The molecule has 0 aliphatic heterocycles. The number of ether oxygens (including phenoxy) is 1. The molecule has 2 N–H and O–H groups in total. The Kier molecular flexibility index (Phi) is 5.03. The molecule has 0 saturated carbocycles. The molecule has 2 heteroatoms. The first-order chi connectivity index (χ1) is 10.0. The zero-order valence-electron chi connectivity index (χ0n) is 13.2. The Balaban J connectivity index is 2.02. The maximum absolute atomic E-state index is 6.02. The van der Waals surface area contributed by atoms with Crippen molar-refractivity contribution in [2.24, 2.45) is 5.73 Å². The second-order valence-electron chi connectivity index (χ2n) is 6.00. The lowest BCUT2D eigenvalue weighted by atomic mass is 9.80. The smallest absolute Gasteiger partial charge is 0.122 e. The van der Waals surface area contributed by atoms with E-state index in [0.717, 1.165) is 12.2 Å².